The summed E-state index contributed by atoms with van der Waals surface area (Å²) in [5, 5.41) is 10.9. The van der Waals surface area contributed by atoms with Crippen LogP contribution >= 0.6 is 0 Å². The molecule has 1 aromatic rings. The van der Waals surface area contributed by atoms with Crippen molar-refractivity contribution in [2.45, 2.75) is 6.92 Å². The van der Waals surface area contributed by atoms with Crippen LogP contribution in [-0.4, -0.2) is 45.8 Å². The number of anilines is 1. The first-order chi connectivity index (χ1) is 10.3. The summed E-state index contributed by atoms with van der Waals surface area (Å²) >= 11 is 0. The molecule has 0 fully saturated rings. The molecule has 0 radical (unpaired) electrons. The molecule has 9 nitrogen and oxygen atoms in total. The van der Waals surface area contributed by atoms with Crippen LogP contribution in [0.4, 0.5) is 11.4 Å². The van der Waals surface area contributed by atoms with Gasteiger partial charge < -0.3 is 9.47 Å². The number of ether oxygens (including phenoxy) is 2. The number of carbonyl (C=O) groups excluding carboxylic acids is 1. The normalized spacial score (nSPS) is 10.9. The highest BCUT2D eigenvalue weighted by atomic mass is 32.2. The third-order valence-electron chi connectivity index (χ3n) is 2.84. The van der Waals surface area contributed by atoms with E-state index >= 15 is 0 Å². The molecule has 0 saturated carbocycles. The van der Waals surface area contributed by atoms with Crippen LogP contribution in [0.2, 0.25) is 0 Å². The maximum atomic E-state index is 12.2. The van der Waals surface area contributed by atoms with E-state index in [2.05, 4.69) is 4.74 Å². The molecule has 0 aliphatic rings. The van der Waals surface area contributed by atoms with Gasteiger partial charge in [0, 0.05) is 12.1 Å². The van der Waals surface area contributed by atoms with E-state index in [4.69, 9.17) is 4.74 Å². The maximum absolute atomic E-state index is 12.2. The highest BCUT2D eigenvalue weighted by Crippen LogP contribution is 2.33. The van der Waals surface area contributed by atoms with Crippen molar-refractivity contribution in [3.63, 3.8) is 0 Å². The summed E-state index contributed by atoms with van der Waals surface area (Å²) in [6.45, 7) is 0.785. The van der Waals surface area contributed by atoms with E-state index in [1.54, 1.807) is 0 Å². The van der Waals surface area contributed by atoms with E-state index < -0.39 is 27.5 Å². The van der Waals surface area contributed by atoms with Gasteiger partial charge in [-0.25, -0.2) is 8.42 Å². The Morgan fingerprint density at radius 1 is 1.36 bits per heavy atom. The van der Waals surface area contributed by atoms with E-state index in [0.717, 1.165) is 17.5 Å². The monoisotopic (exact) mass is 332 g/mol. The van der Waals surface area contributed by atoms with Crippen LogP contribution < -0.4 is 9.04 Å². The van der Waals surface area contributed by atoms with Crippen LogP contribution in [0.3, 0.4) is 0 Å². The summed E-state index contributed by atoms with van der Waals surface area (Å²) in [6.07, 6.45) is 0. The lowest BCUT2D eigenvalue weighted by atomic mass is 10.2. The molecule has 122 valence electrons. The van der Waals surface area contributed by atoms with Crippen molar-refractivity contribution in [1.29, 1.82) is 0 Å². The lowest BCUT2D eigenvalue weighted by molar-refractivity contribution is -0.384. The van der Waals surface area contributed by atoms with Gasteiger partial charge in [-0.2, -0.15) is 0 Å². The largest absolute Gasteiger partial charge is 0.495 e. The highest BCUT2D eigenvalue weighted by molar-refractivity contribution is 7.92. The fourth-order valence-electron chi connectivity index (χ4n) is 1.66. The first-order valence-electron chi connectivity index (χ1n) is 6.16. The second kappa shape index (κ2) is 7.07. The Kier molecular flexibility index (Phi) is 5.69. The molecule has 0 heterocycles. The Morgan fingerprint density at radius 2 is 2.00 bits per heavy atom. The van der Waals surface area contributed by atoms with Gasteiger partial charge in [0.05, 0.1) is 24.9 Å². The zero-order chi connectivity index (χ0) is 16.9. The summed E-state index contributed by atoms with van der Waals surface area (Å²) in [5.74, 6) is -1.01. The van der Waals surface area contributed by atoms with Crippen molar-refractivity contribution in [2.24, 2.45) is 0 Å². The minimum absolute atomic E-state index is 0.0894. The average molecular weight is 332 g/mol. The number of hydrogen-bond acceptors (Lipinski definition) is 7. The number of hydrogen-bond donors (Lipinski definition) is 0. The number of esters is 1. The van der Waals surface area contributed by atoms with E-state index in [1.165, 1.54) is 26.2 Å². The second-order valence-corrected chi connectivity index (χ2v) is 6.28. The minimum atomic E-state index is -3.86. The molecule has 0 aliphatic heterocycles. The van der Waals surface area contributed by atoms with Crippen LogP contribution in [0.5, 0.6) is 5.75 Å². The van der Waals surface area contributed by atoms with Crippen LogP contribution in [-0.2, 0) is 19.6 Å². The molecule has 0 atom stereocenters. The number of sulfonamides is 1. The number of non-ortho nitro benzene ring substituents is 1. The average Bonchev–Trinajstić information content (AvgIpc) is 2.51. The topological polar surface area (TPSA) is 116 Å². The number of rotatable bonds is 7. The third kappa shape index (κ3) is 3.85. The van der Waals surface area contributed by atoms with Crippen molar-refractivity contribution in [2.75, 3.05) is 30.8 Å². The quantitative estimate of drug-likeness (QED) is 0.414. The van der Waals surface area contributed by atoms with Crippen molar-refractivity contribution in [1.82, 2.24) is 0 Å². The molecule has 0 N–H and O–H groups in total. The molecular formula is C12H16N2O7S. The first-order valence-corrected chi connectivity index (χ1v) is 7.77. The lowest BCUT2D eigenvalue weighted by Gasteiger charge is -2.24. The zero-order valence-corrected chi connectivity index (χ0v) is 13.1. The van der Waals surface area contributed by atoms with Gasteiger partial charge in [0.15, 0.2) is 0 Å². The number of nitro groups is 1. The van der Waals surface area contributed by atoms with Gasteiger partial charge in [-0.3, -0.25) is 19.2 Å². The van der Waals surface area contributed by atoms with E-state index in [1.807, 2.05) is 0 Å². The number of carbonyl (C=O) groups is 1. The van der Waals surface area contributed by atoms with Crippen molar-refractivity contribution < 1.29 is 27.6 Å². The molecule has 1 aromatic carbocycles. The third-order valence-corrected chi connectivity index (χ3v) is 4.57. The molecule has 0 aromatic heterocycles. The molecule has 0 spiro atoms. The van der Waals surface area contributed by atoms with E-state index in [0.29, 0.717) is 0 Å². The number of nitro benzene ring substituents is 1. The van der Waals surface area contributed by atoms with Crippen molar-refractivity contribution in [3.8, 4) is 5.75 Å². The van der Waals surface area contributed by atoms with Crippen LogP contribution in [0.15, 0.2) is 18.2 Å². The Labute approximate surface area is 127 Å². The highest BCUT2D eigenvalue weighted by Gasteiger charge is 2.28. The molecule has 22 heavy (non-hydrogen) atoms. The fraction of sp³-hybridized carbons (Fsp3) is 0.417. The maximum Gasteiger partial charge on any atom is 0.326 e. The van der Waals surface area contributed by atoms with Crippen LogP contribution in [0.1, 0.15) is 6.92 Å². The predicted molar refractivity (Wildman–Crippen MR) is 78.5 cm³/mol. The van der Waals surface area contributed by atoms with Gasteiger partial charge in [0.2, 0.25) is 10.0 Å². The van der Waals surface area contributed by atoms with Gasteiger partial charge in [-0.1, -0.05) is 0 Å². The Hall–Kier alpha value is -2.36. The SMILES string of the molecule is CCS(=O)(=O)N(CC(=O)OC)c1cc([N+](=O)[O-])ccc1OC. The molecule has 0 aliphatic carbocycles. The summed E-state index contributed by atoms with van der Waals surface area (Å²) < 4.78 is 34.6. The van der Waals surface area contributed by atoms with Crippen molar-refractivity contribution in [3.05, 3.63) is 28.3 Å². The number of nitrogens with zero attached hydrogens (tertiary/aromatic N) is 2. The van der Waals surface area contributed by atoms with Gasteiger partial charge in [0.1, 0.15) is 18.0 Å². The summed E-state index contributed by atoms with van der Waals surface area (Å²) in [4.78, 5) is 21.7. The lowest BCUT2D eigenvalue weighted by Crippen LogP contribution is -2.37. The molecule has 0 amide bonds. The van der Waals surface area contributed by atoms with Crippen molar-refractivity contribution >= 4 is 27.4 Å². The molecule has 1 rings (SSSR count). The van der Waals surface area contributed by atoms with Gasteiger partial charge in [0.25, 0.3) is 5.69 Å². The molecule has 10 heteroatoms. The van der Waals surface area contributed by atoms with E-state index in [-0.39, 0.29) is 22.9 Å². The van der Waals surface area contributed by atoms with Crippen LogP contribution in [0.25, 0.3) is 0 Å². The molecule has 0 saturated heterocycles. The summed E-state index contributed by atoms with van der Waals surface area (Å²) in [5.41, 5.74) is -0.416. The Balaban J connectivity index is 3.49. The smallest absolute Gasteiger partial charge is 0.326 e. The zero-order valence-electron chi connectivity index (χ0n) is 12.3. The van der Waals surface area contributed by atoms with E-state index in [9.17, 15) is 23.3 Å². The molecule has 0 bridgehead atoms. The molecule has 0 unspecified atom stereocenters. The Morgan fingerprint density at radius 3 is 2.45 bits per heavy atom. The van der Waals surface area contributed by atoms with Gasteiger partial charge in [-0.05, 0) is 13.0 Å². The van der Waals surface area contributed by atoms with Gasteiger partial charge >= 0.3 is 5.97 Å². The predicted octanol–water partition coefficient (Wildman–Crippen LogP) is 0.933. The number of benzene rings is 1. The summed E-state index contributed by atoms with van der Waals surface area (Å²) in [6, 6.07) is 3.48. The second-order valence-electron chi connectivity index (χ2n) is 4.10. The standard InChI is InChI=1S/C12H16N2O7S/c1-4-22(18,19)13(8-12(15)21-3)10-7-9(14(16)17)5-6-11(10)20-2/h5-7H,4,8H2,1-3H3. The Bertz CT molecular complexity index is 672. The first kappa shape index (κ1) is 17.7. The fourth-order valence-corrected chi connectivity index (χ4v) is 2.71. The van der Waals surface area contributed by atoms with Crippen LogP contribution in [0, 0.1) is 10.1 Å². The number of methoxy groups -OCH3 is 2. The minimum Gasteiger partial charge on any atom is -0.495 e. The molecular weight excluding hydrogens is 316 g/mol. The summed E-state index contributed by atoms with van der Waals surface area (Å²) in [7, 11) is -1.46. The van der Waals surface area contributed by atoms with Gasteiger partial charge in [-0.15, -0.1) is 0 Å².